The van der Waals surface area contributed by atoms with E-state index >= 15 is 0 Å². The van der Waals surface area contributed by atoms with Gasteiger partial charge in [-0.3, -0.25) is 10.1 Å². The third-order valence-corrected chi connectivity index (χ3v) is 6.00. The SMILES string of the molecule is O=C(Nc1nnc(C2CC2)s1)c1sc2ccccc2c1Cl. The number of nitrogens with one attached hydrogen (secondary N) is 1. The van der Waals surface area contributed by atoms with E-state index in [1.165, 1.54) is 35.5 Å². The number of rotatable bonds is 3. The summed E-state index contributed by atoms with van der Waals surface area (Å²) in [6, 6.07) is 7.72. The predicted molar refractivity (Wildman–Crippen MR) is 86.7 cm³/mol. The molecule has 0 saturated heterocycles. The summed E-state index contributed by atoms with van der Waals surface area (Å²) < 4.78 is 1.00. The molecule has 0 aliphatic heterocycles. The van der Waals surface area contributed by atoms with Crippen LogP contribution in [0.1, 0.15) is 33.4 Å². The van der Waals surface area contributed by atoms with Gasteiger partial charge in [-0.25, -0.2) is 0 Å². The van der Waals surface area contributed by atoms with Gasteiger partial charge in [0.25, 0.3) is 5.91 Å². The van der Waals surface area contributed by atoms with Crippen LogP contribution >= 0.6 is 34.3 Å². The van der Waals surface area contributed by atoms with Gasteiger partial charge < -0.3 is 0 Å². The maximum absolute atomic E-state index is 12.4. The number of benzene rings is 1. The van der Waals surface area contributed by atoms with Crippen LogP contribution in [0.25, 0.3) is 10.1 Å². The monoisotopic (exact) mass is 335 g/mol. The second-order valence-electron chi connectivity index (χ2n) is 4.92. The van der Waals surface area contributed by atoms with Crippen LogP contribution in [-0.4, -0.2) is 16.1 Å². The summed E-state index contributed by atoms with van der Waals surface area (Å²) in [6.45, 7) is 0. The fraction of sp³-hybridized carbons (Fsp3) is 0.214. The maximum Gasteiger partial charge on any atom is 0.269 e. The molecule has 4 nitrogen and oxygen atoms in total. The predicted octanol–water partition coefficient (Wildman–Crippen LogP) is 4.54. The summed E-state index contributed by atoms with van der Waals surface area (Å²) in [5.41, 5.74) is 0. The van der Waals surface area contributed by atoms with E-state index in [1.54, 1.807) is 0 Å². The molecule has 0 bridgehead atoms. The molecule has 1 aromatic carbocycles. The van der Waals surface area contributed by atoms with Crippen molar-refractivity contribution < 1.29 is 4.79 Å². The molecule has 1 amide bonds. The lowest BCUT2D eigenvalue weighted by atomic mass is 10.2. The lowest BCUT2D eigenvalue weighted by molar-refractivity contribution is 0.103. The number of hydrogen-bond donors (Lipinski definition) is 1. The smallest absolute Gasteiger partial charge is 0.269 e. The molecule has 2 aromatic heterocycles. The minimum Gasteiger partial charge on any atom is -0.296 e. The molecular formula is C14H10ClN3OS2. The number of carbonyl (C=O) groups excluding carboxylic acids is 1. The molecule has 21 heavy (non-hydrogen) atoms. The number of aromatic nitrogens is 2. The molecule has 1 fully saturated rings. The highest BCUT2D eigenvalue weighted by molar-refractivity contribution is 7.22. The highest BCUT2D eigenvalue weighted by atomic mass is 35.5. The largest absolute Gasteiger partial charge is 0.296 e. The zero-order valence-electron chi connectivity index (χ0n) is 10.8. The Morgan fingerprint density at radius 1 is 1.24 bits per heavy atom. The Morgan fingerprint density at radius 2 is 2.05 bits per heavy atom. The first kappa shape index (κ1) is 13.2. The van der Waals surface area contributed by atoms with E-state index < -0.39 is 0 Å². The second kappa shape index (κ2) is 5.05. The molecule has 4 rings (SSSR count). The van der Waals surface area contributed by atoms with Gasteiger partial charge in [0, 0.05) is 16.0 Å². The van der Waals surface area contributed by atoms with E-state index in [0.717, 1.165) is 15.1 Å². The van der Waals surface area contributed by atoms with Crippen molar-refractivity contribution in [2.24, 2.45) is 0 Å². The minimum absolute atomic E-state index is 0.223. The summed E-state index contributed by atoms with van der Waals surface area (Å²) in [6.07, 6.45) is 2.34. The van der Waals surface area contributed by atoms with Crippen molar-refractivity contribution in [2.45, 2.75) is 18.8 Å². The Labute approximate surface area is 133 Å². The molecule has 0 atom stereocenters. The molecule has 1 aliphatic carbocycles. The molecule has 1 aliphatic rings. The van der Waals surface area contributed by atoms with Gasteiger partial charge in [0.2, 0.25) is 5.13 Å². The third-order valence-electron chi connectivity index (χ3n) is 3.33. The second-order valence-corrected chi connectivity index (χ2v) is 7.35. The van der Waals surface area contributed by atoms with E-state index in [2.05, 4.69) is 15.5 Å². The highest BCUT2D eigenvalue weighted by Gasteiger charge is 2.28. The Hall–Kier alpha value is -1.50. The molecule has 2 heterocycles. The van der Waals surface area contributed by atoms with Gasteiger partial charge in [0.1, 0.15) is 9.88 Å². The van der Waals surface area contributed by atoms with Crippen LogP contribution in [-0.2, 0) is 0 Å². The number of thiophene rings is 1. The molecular weight excluding hydrogens is 326 g/mol. The van der Waals surface area contributed by atoms with Gasteiger partial charge >= 0.3 is 0 Å². The minimum atomic E-state index is -0.223. The van der Waals surface area contributed by atoms with Crippen LogP contribution in [0, 0.1) is 0 Å². The fourth-order valence-corrected chi connectivity index (χ4v) is 4.41. The van der Waals surface area contributed by atoms with Gasteiger partial charge in [-0.1, -0.05) is 41.1 Å². The Bertz CT molecular complexity index is 838. The van der Waals surface area contributed by atoms with E-state index in [0.29, 0.717) is 20.9 Å². The number of anilines is 1. The van der Waals surface area contributed by atoms with Crippen molar-refractivity contribution in [3.63, 3.8) is 0 Å². The summed E-state index contributed by atoms with van der Waals surface area (Å²) in [5, 5.41) is 13.9. The zero-order chi connectivity index (χ0) is 14.4. The van der Waals surface area contributed by atoms with Crippen LogP contribution in [0.15, 0.2) is 24.3 Å². The van der Waals surface area contributed by atoms with Crippen molar-refractivity contribution >= 4 is 55.4 Å². The topological polar surface area (TPSA) is 54.9 Å². The zero-order valence-corrected chi connectivity index (χ0v) is 13.2. The van der Waals surface area contributed by atoms with Crippen LogP contribution in [0.3, 0.4) is 0 Å². The molecule has 7 heteroatoms. The van der Waals surface area contributed by atoms with E-state index in [1.807, 2.05) is 24.3 Å². The van der Waals surface area contributed by atoms with E-state index in [9.17, 15) is 4.79 Å². The summed E-state index contributed by atoms with van der Waals surface area (Å²) in [5.74, 6) is 0.320. The number of carbonyl (C=O) groups is 1. The number of amides is 1. The Morgan fingerprint density at radius 3 is 2.81 bits per heavy atom. The van der Waals surface area contributed by atoms with Gasteiger partial charge in [-0.15, -0.1) is 21.5 Å². The van der Waals surface area contributed by atoms with E-state index in [-0.39, 0.29) is 5.91 Å². The van der Waals surface area contributed by atoms with E-state index in [4.69, 9.17) is 11.6 Å². The first-order valence-electron chi connectivity index (χ1n) is 6.54. The lowest BCUT2D eigenvalue weighted by Gasteiger charge is -1.98. The molecule has 3 aromatic rings. The van der Waals surface area contributed by atoms with Crippen LogP contribution in [0.5, 0.6) is 0 Å². The molecule has 0 unspecified atom stereocenters. The van der Waals surface area contributed by atoms with Gasteiger partial charge in [-0.2, -0.15) is 0 Å². The Kier molecular flexibility index (Phi) is 3.17. The molecule has 1 N–H and O–H groups in total. The van der Waals surface area contributed by atoms with Crippen LogP contribution in [0.2, 0.25) is 5.02 Å². The van der Waals surface area contributed by atoms with Crippen molar-refractivity contribution in [1.29, 1.82) is 0 Å². The van der Waals surface area contributed by atoms with Crippen molar-refractivity contribution in [3.8, 4) is 0 Å². The number of halogens is 1. The first-order valence-corrected chi connectivity index (χ1v) is 8.55. The Balaban J connectivity index is 1.61. The van der Waals surface area contributed by atoms with Gasteiger partial charge in [-0.05, 0) is 18.9 Å². The average Bonchev–Trinajstić information content (AvgIpc) is 3.15. The number of hydrogen-bond acceptors (Lipinski definition) is 5. The van der Waals surface area contributed by atoms with Crippen molar-refractivity contribution in [3.05, 3.63) is 39.2 Å². The summed E-state index contributed by atoms with van der Waals surface area (Å²) >= 11 is 9.14. The molecule has 0 spiro atoms. The standard InChI is InChI=1S/C14H10ClN3OS2/c15-10-8-3-1-2-4-9(8)20-11(10)12(19)16-14-18-17-13(21-14)7-5-6-7/h1-4,7H,5-6H2,(H,16,18,19). The third kappa shape index (κ3) is 2.43. The summed E-state index contributed by atoms with van der Waals surface area (Å²) in [4.78, 5) is 12.9. The molecule has 106 valence electrons. The van der Waals surface area contributed by atoms with Crippen molar-refractivity contribution in [2.75, 3.05) is 5.32 Å². The maximum atomic E-state index is 12.4. The molecule has 1 saturated carbocycles. The average molecular weight is 336 g/mol. The number of fused-ring (bicyclic) bond motifs is 1. The summed E-state index contributed by atoms with van der Waals surface area (Å²) in [7, 11) is 0. The molecule has 0 radical (unpaired) electrons. The van der Waals surface area contributed by atoms with Crippen LogP contribution in [0.4, 0.5) is 5.13 Å². The van der Waals surface area contributed by atoms with Gasteiger partial charge in [0.05, 0.1) is 5.02 Å². The van der Waals surface area contributed by atoms with Crippen LogP contribution < -0.4 is 5.32 Å². The van der Waals surface area contributed by atoms with Gasteiger partial charge in [0.15, 0.2) is 0 Å². The highest BCUT2D eigenvalue weighted by Crippen LogP contribution is 2.42. The van der Waals surface area contributed by atoms with Crippen molar-refractivity contribution in [1.82, 2.24) is 10.2 Å². The normalized spacial score (nSPS) is 14.5. The first-order chi connectivity index (χ1) is 10.2. The lowest BCUT2D eigenvalue weighted by Crippen LogP contribution is -2.10. The number of nitrogens with zero attached hydrogens (tertiary/aromatic N) is 2. The fourth-order valence-electron chi connectivity index (χ4n) is 2.09. The quantitative estimate of drug-likeness (QED) is 0.764.